The van der Waals surface area contributed by atoms with Crippen molar-refractivity contribution in [1.29, 1.82) is 0 Å². The van der Waals surface area contributed by atoms with Crippen LogP contribution >= 0.6 is 28.1 Å². The highest BCUT2D eigenvalue weighted by molar-refractivity contribution is 9.10. The van der Waals surface area contributed by atoms with Crippen LogP contribution in [0.5, 0.6) is 5.75 Å². The molecule has 2 aromatic rings. The average molecular weight is 438 g/mol. The summed E-state index contributed by atoms with van der Waals surface area (Å²) in [5.74, 6) is 0.221. The smallest absolute Gasteiger partial charge is 0.271 e. The Morgan fingerprint density at radius 3 is 2.62 bits per heavy atom. The number of hydrogen-bond acceptors (Lipinski definition) is 5. The van der Waals surface area contributed by atoms with Gasteiger partial charge in [0.25, 0.3) is 11.6 Å². The van der Waals surface area contributed by atoms with E-state index in [1.54, 1.807) is 24.3 Å². The summed E-state index contributed by atoms with van der Waals surface area (Å²) in [7, 11) is 0. The van der Waals surface area contributed by atoms with Gasteiger partial charge in [0, 0.05) is 23.4 Å². The molecule has 2 rings (SSSR count). The van der Waals surface area contributed by atoms with Gasteiger partial charge in [-0.3, -0.25) is 20.2 Å². The Kier molecular flexibility index (Phi) is 6.64. The molecule has 0 saturated carbocycles. The minimum absolute atomic E-state index is 0.0117. The summed E-state index contributed by atoms with van der Waals surface area (Å²) in [5, 5.41) is 16.1. The number of nitrogens with one attached hydrogen (secondary N) is 2. The van der Waals surface area contributed by atoms with Crippen LogP contribution in [-0.2, 0) is 0 Å². The molecule has 2 aromatic carbocycles. The van der Waals surface area contributed by atoms with E-state index in [1.807, 2.05) is 13.8 Å². The molecule has 2 N–H and O–H groups in total. The maximum Gasteiger partial charge on any atom is 0.271 e. The summed E-state index contributed by atoms with van der Waals surface area (Å²) < 4.78 is 6.25. The van der Waals surface area contributed by atoms with E-state index in [4.69, 9.17) is 17.0 Å². The standard InChI is InChI=1S/C17H16BrN3O4S/c1-10(2)25-15-7-6-11(8-14(15)18)16(22)20-17(26)19-12-4-3-5-13(9-12)21(23)24/h3-10H,1-2H3,(H2,19,20,22,26). The number of ether oxygens (including phenoxy) is 1. The zero-order valence-corrected chi connectivity index (χ0v) is 16.4. The maximum absolute atomic E-state index is 12.3. The Labute approximate surface area is 164 Å². The fourth-order valence-electron chi connectivity index (χ4n) is 2.03. The fraction of sp³-hybridized carbons (Fsp3) is 0.176. The molecule has 0 aromatic heterocycles. The first-order chi connectivity index (χ1) is 12.3. The topological polar surface area (TPSA) is 93.5 Å². The van der Waals surface area contributed by atoms with Gasteiger partial charge in [0.15, 0.2) is 5.11 Å². The van der Waals surface area contributed by atoms with Crippen LogP contribution in [0.2, 0.25) is 0 Å². The Morgan fingerprint density at radius 2 is 2.00 bits per heavy atom. The number of nitro benzene ring substituents is 1. The summed E-state index contributed by atoms with van der Waals surface area (Å²) >= 11 is 8.46. The van der Waals surface area contributed by atoms with E-state index in [2.05, 4.69) is 26.6 Å². The molecule has 0 atom stereocenters. The molecule has 7 nitrogen and oxygen atoms in total. The molecule has 0 aliphatic heterocycles. The Bertz CT molecular complexity index is 858. The van der Waals surface area contributed by atoms with Crippen molar-refractivity contribution in [1.82, 2.24) is 5.32 Å². The van der Waals surface area contributed by atoms with Crippen molar-refractivity contribution in [2.75, 3.05) is 5.32 Å². The lowest BCUT2D eigenvalue weighted by Crippen LogP contribution is -2.34. The van der Waals surface area contributed by atoms with Crippen LogP contribution in [0.3, 0.4) is 0 Å². The summed E-state index contributed by atoms with van der Waals surface area (Å²) in [4.78, 5) is 22.6. The summed E-state index contributed by atoms with van der Waals surface area (Å²) in [6.45, 7) is 3.82. The minimum Gasteiger partial charge on any atom is -0.490 e. The van der Waals surface area contributed by atoms with E-state index in [0.29, 0.717) is 21.5 Å². The lowest BCUT2D eigenvalue weighted by Gasteiger charge is -2.13. The number of carbonyl (C=O) groups is 1. The zero-order valence-electron chi connectivity index (χ0n) is 14.0. The summed E-state index contributed by atoms with van der Waals surface area (Å²) in [6.07, 6.45) is 0.0117. The molecule has 0 saturated heterocycles. The number of anilines is 1. The van der Waals surface area contributed by atoms with Crippen LogP contribution in [0.4, 0.5) is 11.4 Å². The second kappa shape index (κ2) is 8.72. The maximum atomic E-state index is 12.3. The second-order valence-electron chi connectivity index (χ2n) is 5.53. The lowest BCUT2D eigenvalue weighted by atomic mass is 10.2. The summed E-state index contributed by atoms with van der Waals surface area (Å²) in [5.41, 5.74) is 0.719. The number of benzene rings is 2. The van der Waals surface area contributed by atoms with Crippen molar-refractivity contribution >= 4 is 50.5 Å². The quantitative estimate of drug-likeness (QED) is 0.412. The number of nitrogens with zero attached hydrogens (tertiary/aromatic N) is 1. The van der Waals surface area contributed by atoms with Crippen LogP contribution in [0, 0.1) is 10.1 Å². The number of nitro groups is 1. The normalized spacial score (nSPS) is 10.3. The molecule has 0 fully saturated rings. The van der Waals surface area contributed by atoms with Gasteiger partial charge in [-0.25, -0.2) is 0 Å². The molecule has 9 heteroatoms. The highest BCUT2D eigenvalue weighted by Gasteiger charge is 2.12. The number of rotatable bonds is 5. The monoisotopic (exact) mass is 437 g/mol. The van der Waals surface area contributed by atoms with E-state index in [0.717, 1.165) is 0 Å². The summed E-state index contributed by atoms with van der Waals surface area (Å²) in [6, 6.07) is 10.8. The largest absolute Gasteiger partial charge is 0.490 e. The average Bonchev–Trinajstić information content (AvgIpc) is 2.56. The van der Waals surface area contributed by atoms with Gasteiger partial charge >= 0.3 is 0 Å². The molecule has 26 heavy (non-hydrogen) atoms. The van der Waals surface area contributed by atoms with Crippen LogP contribution < -0.4 is 15.4 Å². The number of halogens is 1. The van der Waals surface area contributed by atoms with Gasteiger partial charge in [-0.1, -0.05) is 6.07 Å². The van der Waals surface area contributed by atoms with E-state index >= 15 is 0 Å². The third-order valence-electron chi connectivity index (χ3n) is 3.10. The molecule has 1 amide bonds. The highest BCUT2D eigenvalue weighted by Crippen LogP contribution is 2.27. The van der Waals surface area contributed by atoms with E-state index in [-0.39, 0.29) is 16.9 Å². The van der Waals surface area contributed by atoms with Gasteiger partial charge in [-0.15, -0.1) is 0 Å². The van der Waals surface area contributed by atoms with Crippen molar-refractivity contribution in [2.45, 2.75) is 20.0 Å². The fourth-order valence-corrected chi connectivity index (χ4v) is 2.71. The molecule has 0 aliphatic rings. The van der Waals surface area contributed by atoms with Crippen molar-refractivity contribution in [3.63, 3.8) is 0 Å². The number of thiocarbonyl (C=S) groups is 1. The number of carbonyl (C=O) groups excluding carboxylic acids is 1. The van der Waals surface area contributed by atoms with Crippen molar-refractivity contribution in [2.24, 2.45) is 0 Å². The third kappa shape index (κ3) is 5.50. The highest BCUT2D eigenvalue weighted by atomic mass is 79.9. The Morgan fingerprint density at radius 1 is 1.27 bits per heavy atom. The van der Waals surface area contributed by atoms with Gasteiger partial charge < -0.3 is 10.1 Å². The first-order valence-corrected chi connectivity index (χ1v) is 8.79. The van der Waals surface area contributed by atoms with Crippen LogP contribution in [0.25, 0.3) is 0 Å². The first kappa shape index (κ1) is 19.8. The number of amides is 1. The Hall–Kier alpha value is -2.52. The molecule has 0 radical (unpaired) electrons. The van der Waals surface area contributed by atoms with Crippen molar-refractivity contribution in [3.8, 4) is 5.75 Å². The van der Waals surface area contributed by atoms with Gasteiger partial charge in [-0.05, 0) is 66.3 Å². The first-order valence-electron chi connectivity index (χ1n) is 7.59. The predicted molar refractivity (Wildman–Crippen MR) is 107 cm³/mol. The van der Waals surface area contributed by atoms with Crippen molar-refractivity contribution in [3.05, 3.63) is 62.6 Å². The molecular weight excluding hydrogens is 422 g/mol. The van der Waals surface area contributed by atoms with Crippen molar-refractivity contribution < 1.29 is 14.5 Å². The van der Waals surface area contributed by atoms with Gasteiger partial charge in [0.2, 0.25) is 0 Å². The zero-order chi connectivity index (χ0) is 19.3. The molecule has 0 unspecified atom stereocenters. The number of non-ortho nitro benzene ring substituents is 1. The Balaban J connectivity index is 2.03. The lowest BCUT2D eigenvalue weighted by molar-refractivity contribution is -0.384. The van der Waals surface area contributed by atoms with E-state index in [1.165, 1.54) is 18.2 Å². The molecule has 0 aliphatic carbocycles. The van der Waals surface area contributed by atoms with Crippen LogP contribution in [0.1, 0.15) is 24.2 Å². The number of hydrogen-bond donors (Lipinski definition) is 2. The molecule has 136 valence electrons. The van der Waals surface area contributed by atoms with E-state index in [9.17, 15) is 14.9 Å². The minimum atomic E-state index is -0.509. The molecule has 0 heterocycles. The molecule has 0 bridgehead atoms. The van der Waals surface area contributed by atoms with Gasteiger partial charge in [0.1, 0.15) is 5.75 Å². The van der Waals surface area contributed by atoms with Gasteiger partial charge in [-0.2, -0.15) is 0 Å². The molecule has 0 spiro atoms. The molecular formula is C17H16BrN3O4S. The SMILES string of the molecule is CC(C)Oc1ccc(C(=O)NC(=S)Nc2cccc([N+](=O)[O-])c2)cc1Br. The third-order valence-corrected chi connectivity index (χ3v) is 3.92. The van der Waals surface area contributed by atoms with E-state index < -0.39 is 10.8 Å². The second-order valence-corrected chi connectivity index (χ2v) is 6.79. The van der Waals surface area contributed by atoms with Gasteiger partial charge in [0.05, 0.1) is 15.5 Å². The van der Waals surface area contributed by atoms with Crippen LogP contribution in [-0.4, -0.2) is 22.0 Å². The predicted octanol–water partition coefficient (Wildman–Crippen LogP) is 4.27. The van der Waals surface area contributed by atoms with Crippen LogP contribution in [0.15, 0.2) is 46.9 Å².